The van der Waals surface area contributed by atoms with Crippen molar-refractivity contribution in [2.45, 2.75) is 63.4 Å². The summed E-state index contributed by atoms with van der Waals surface area (Å²) < 4.78 is 0. The molecule has 3 saturated carbocycles. The molecule has 3 fully saturated rings. The molecule has 0 nitrogen and oxygen atoms in total. The van der Waals surface area contributed by atoms with E-state index in [1.807, 2.05) is 0 Å². The summed E-state index contributed by atoms with van der Waals surface area (Å²) in [4.78, 5) is 0. The lowest BCUT2D eigenvalue weighted by Gasteiger charge is -2.54. The molecule has 0 aromatic heterocycles. The Kier molecular flexibility index (Phi) is 3.27. The Morgan fingerprint density at radius 1 is 0.944 bits per heavy atom. The number of rotatable bonds is 3. The van der Waals surface area contributed by atoms with Crippen molar-refractivity contribution in [3.8, 4) is 0 Å². The summed E-state index contributed by atoms with van der Waals surface area (Å²) >= 11 is 0. The van der Waals surface area contributed by atoms with Crippen molar-refractivity contribution in [1.29, 1.82) is 0 Å². The zero-order valence-corrected chi connectivity index (χ0v) is 12.3. The minimum Gasteiger partial charge on any atom is -1.48 e. The van der Waals surface area contributed by atoms with E-state index in [4.69, 9.17) is 0 Å². The molecular formula is C17H23P-2. The maximum atomic E-state index is 4.35. The SMILES string of the molecule is CCC12CCC(c3ccc(C[P-2])cc3)(CC1)CC2. The highest BCUT2D eigenvalue weighted by Gasteiger charge is 2.48. The molecule has 0 aliphatic heterocycles. The van der Waals surface area contributed by atoms with Gasteiger partial charge in [-0.25, -0.2) is 0 Å². The molecule has 0 heterocycles. The molecule has 4 rings (SSSR count). The summed E-state index contributed by atoms with van der Waals surface area (Å²) in [5.41, 5.74) is 4.17. The van der Waals surface area contributed by atoms with Gasteiger partial charge in [0.2, 0.25) is 0 Å². The molecule has 1 heteroatoms. The third-order valence-corrected chi connectivity index (χ3v) is 6.27. The van der Waals surface area contributed by atoms with E-state index in [9.17, 15) is 0 Å². The molecule has 0 radical (unpaired) electrons. The summed E-state index contributed by atoms with van der Waals surface area (Å²) in [5, 5.41) is 0. The van der Waals surface area contributed by atoms with Gasteiger partial charge in [-0.05, 0) is 54.9 Å². The monoisotopic (exact) mass is 258 g/mol. The van der Waals surface area contributed by atoms with Crippen molar-refractivity contribution >= 4 is 9.24 Å². The lowest BCUT2D eigenvalue weighted by Crippen LogP contribution is -2.43. The maximum absolute atomic E-state index is 4.35. The van der Waals surface area contributed by atoms with Gasteiger partial charge in [0.05, 0.1) is 0 Å². The highest BCUT2D eigenvalue weighted by molar-refractivity contribution is 7.15. The molecule has 0 spiro atoms. The first kappa shape index (κ1) is 12.7. The van der Waals surface area contributed by atoms with Gasteiger partial charge in [-0.1, -0.05) is 37.6 Å². The number of benzene rings is 1. The second kappa shape index (κ2) is 4.64. The van der Waals surface area contributed by atoms with Crippen LogP contribution in [0.25, 0.3) is 0 Å². The van der Waals surface area contributed by atoms with E-state index in [0.717, 1.165) is 6.16 Å². The Morgan fingerprint density at radius 2 is 1.50 bits per heavy atom. The molecular weight excluding hydrogens is 235 g/mol. The third-order valence-electron chi connectivity index (χ3n) is 5.90. The average Bonchev–Trinajstić information content (AvgIpc) is 2.49. The highest BCUT2D eigenvalue weighted by Crippen LogP contribution is 2.58. The van der Waals surface area contributed by atoms with Crippen LogP contribution in [0.15, 0.2) is 24.3 Å². The van der Waals surface area contributed by atoms with E-state index >= 15 is 0 Å². The minimum absolute atomic E-state index is 0.520. The van der Waals surface area contributed by atoms with Crippen LogP contribution in [0.2, 0.25) is 0 Å². The molecule has 3 aliphatic rings. The number of hydrogen-bond donors (Lipinski definition) is 0. The second-order valence-corrected chi connectivity index (χ2v) is 6.81. The molecule has 2 bridgehead atoms. The summed E-state index contributed by atoms with van der Waals surface area (Å²) in [7, 11) is 4.35. The maximum Gasteiger partial charge on any atom is -0.00464 e. The van der Waals surface area contributed by atoms with Crippen LogP contribution in [0.5, 0.6) is 0 Å². The molecule has 0 saturated heterocycles. The van der Waals surface area contributed by atoms with E-state index < -0.39 is 0 Å². The Morgan fingerprint density at radius 3 is 1.94 bits per heavy atom. The molecule has 0 atom stereocenters. The van der Waals surface area contributed by atoms with Crippen LogP contribution in [0.3, 0.4) is 0 Å². The van der Waals surface area contributed by atoms with Gasteiger partial charge >= 0.3 is 0 Å². The Bertz CT molecular complexity index is 393. The van der Waals surface area contributed by atoms with E-state index in [2.05, 4.69) is 40.4 Å². The van der Waals surface area contributed by atoms with Crippen LogP contribution >= 0.6 is 9.24 Å². The van der Waals surface area contributed by atoms with Crippen molar-refractivity contribution < 1.29 is 0 Å². The topological polar surface area (TPSA) is 0 Å². The van der Waals surface area contributed by atoms with Gasteiger partial charge in [-0.2, -0.15) is 0 Å². The van der Waals surface area contributed by atoms with Crippen molar-refractivity contribution in [2.24, 2.45) is 5.41 Å². The molecule has 3 aliphatic carbocycles. The fourth-order valence-corrected chi connectivity index (χ4v) is 4.40. The zero-order chi connectivity index (χ0) is 12.6. The van der Waals surface area contributed by atoms with Crippen molar-refractivity contribution in [2.75, 3.05) is 0 Å². The van der Waals surface area contributed by atoms with E-state index in [1.165, 1.54) is 50.5 Å². The molecule has 1 aromatic rings. The predicted molar refractivity (Wildman–Crippen MR) is 79.2 cm³/mol. The first-order valence-corrected chi connectivity index (χ1v) is 8.06. The lowest BCUT2D eigenvalue weighted by molar-refractivity contribution is 0.0367. The van der Waals surface area contributed by atoms with Crippen molar-refractivity contribution in [1.82, 2.24) is 0 Å². The quantitative estimate of drug-likeness (QED) is 0.619. The van der Waals surface area contributed by atoms with Gasteiger partial charge in [-0.3, -0.25) is 0 Å². The molecule has 0 N–H and O–H groups in total. The molecule has 0 unspecified atom stereocenters. The van der Waals surface area contributed by atoms with Gasteiger partial charge in [0.25, 0.3) is 0 Å². The second-order valence-electron chi connectivity index (χ2n) is 6.49. The van der Waals surface area contributed by atoms with E-state index in [-0.39, 0.29) is 0 Å². The third kappa shape index (κ3) is 1.94. The fraction of sp³-hybridized carbons (Fsp3) is 0.647. The van der Waals surface area contributed by atoms with Gasteiger partial charge in [0.15, 0.2) is 0 Å². The normalized spacial score (nSPS) is 34.8. The number of hydrogen-bond acceptors (Lipinski definition) is 0. The van der Waals surface area contributed by atoms with Crippen LogP contribution in [0.1, 0.15) is 63.0 Å². The van der Waals surface area contributed by atoms with Crippen LogP contribution in [0.4, 0.5) is 0 Å². The summed E-state index contributed by atoms with van der Waals surface area (Å²) in [6, 6.07) is 9.28. The fourth-order valence-electron chi connectivity index (χ4n) is 4.19. The highest BCUT2D eigenvalue weighted by atomic mass is 31.0. The van der Waals surface area contributed by atoms with Crippen molar-refractivity contribution in [3.63, 3.8) is 0 Å². The lowest BCUT2D eigenvalue weighted by atomic mass is 9.51. The molecule has 18 heavy (non-hydrogen) atoms. The smallest absolute Gasteiger partial charge is 0.00464 e. The van der Waals surface area contributed by atoms with Gasteiger partial charge < -0.3 is 15.4 Å². The van der Waals surface area contributed by atoms with Gasteiger partial charge in [0.1, 0.15) is 0 Å². The zero-order valence-electron chi connectivity index (χ0n) is 11.4. The summed E-state index contributed by atoms with van der Waals surface area (Å²) in [5.74, 6) is 0. The average molecular weight is 258 g/mol. The Hall–Kier alpha value is -0.350. The van der Waals surface area contributed by atoms with Crippen molar-refractivity contribution in [3.05, 3.63) is 35.4 Å². The standard InChI is InChI=1S/C17H23P/c1-2-16-7-10-17(11-8-16,12-9-16)15-5-3-14(13-18)4-6-15/h3-6H,2,7-13H2,1H3/q-2. The summed E-state index contributed by atoms with van der Waals surface area (Å²) in [6.07, 6.45) is 10.9. The van der Waals surface area contributed by atoms with Crippen LogP contribution in [0, 0.1) is 5.41 Å². The predicted octanol–water partition coefficient (Wildman–Crippen LogP) is 5.60. The first-order chi connectivity index (χ1) is 8.72. The molecule has 1 aromatic carbocycles. The van der Waals surface area contributed by atoms with Crippen LogP contribution in [-0.4, -0.2) is 0 Å². The first-order valence-electron chi connectivity index (χ1n) is 7.42. The summed E-state index contributed by atoms with van der Waals surface area (Å²) in [6.45, 7) is 2.39. The van der Waals surface area contributed by atoms with Crippen LogP contribution < -0.4 is 0 Å². The number of fused-ring (bicyclic) bond motifs is 3. The molecule has 0 amide bonds. The van der Waals surface area contributed by atoms with Gasteiger partial charge in [-0.15, -0.1) is 5.56 Å². The van der Waals surface area contributed by atoms with Gasteiger partial charge in [0, 0.05) is 0 Å². The largest absolute Gasteiger partial charge is 1.48 e. The molecule has 98 valence electrons. The Labute approximate surface area is 114 Å². The van der Waals surface area contributed by atoms with E-state index in [1.54, 1.807) is 5.56 Å². The Balaban J connectivity index is 1.84. The van der Waals surface area contributed by atoms with E-state index in [0.29, 0.717) is 10.8 Å². The van der Waals surface area contributed by atoms with Crippen LogP contribution in [-0.2, 0) is 11.6 Å². The minimum atomic E-state index is 0.520.